The van der Waals surface area contributed by atoms with Gasteiger partial charge in [0, 0.05) is 5.30 Å². The van der Waals surface area contributed by atoms with E-state index in [1.165, 1.54) is 41.4 Å². The van der Waals surface area contributed by atoms with Crippen LogP contribution in [0.4, 0.5) is 0 Å². The molecule has 0 saturated carbocycles. The monoisotopic (exact) mass is 411 g/mol. The summed E-state index contributed by atoms with van der Waals surface area (Å²) in [7, 11) is 5.09. The molecule has 2 aromatic rings. The molecule has 2 aromatic carbocycles. The Morgan fingerprint density at radius 1 is 1.08 bits per heavy atom. The van der Waals surface area contributed by atoms with Crippen molar-refractivity contribution in [2.45, 2.75) is 53.6 Å². The number of aryl methyl sites for hydroxylation is 3. The first-order valence-electron chi connectivity index (χ1n) is 8.20. The third-order valence-electron chi connectivity index (χ3n) is 3.79. The molecule has 2 rings (SSSR count). The van der Waals surface area contributed by atoms with E-state index in [1.54, 1.807) is 0 Å². The molecule has 0 saturated heterocycles. The Kier molecular flexibility index (Phi) is 9.16. The maximum atomic E-state index is 10.4. The van der Waals surface area contributed by atoms with E-state index >= 15 is 0 Å². The van der Waals surface area contributed by atoms with Gasteiger partial charge < -0.3 is 10.4 Å². The first-order chi connectivity index (χ1) is 11.7. The van der Waals surface area contributed by atoms with E-state index in [2.05, 4.69) is 68.2 Å². The normalized spacial score (nSPS) is 11.4. The molecule has 1 atom stereocenters. The van der Waals surface area contributed by atoms with Crippen molar-refractivity contribution in [3.63, 3.8) is 0 Å². The van der Waals surface area contributed by atoms with Gasteiger partial charge in [0.1, 0.15) is 5.75 Å². The van der Waals surface area contributed by atoms with Crippen LogP contribution in [-0.4, -0.2) is 10.6 Å². The number of hydrogen-bond donors (Lipinski definition) is 1. The first-order valence-corrected chi connectivity index (χ1v) is 11.4. The molecule has 134 valence electrons. The number of phenols is 1. The van der Waals surface area contributed by atoms with Gasteiger partial charge in [-0.2, -0.15) is 0 Å². The molecule has 0 radical (unpaired) electrons. The number of halogens is 1. The van der Waals surface area contributed by atoms with Gasteiger partial charge in [-0.05, 0) is 48.8 Å². The molecule has 0 amide bonds. The zero-order chi connectivity index (χ0) is 19.2. The summed E-state index contributed by atoms with van der Waals surface area (Å²) in [6.45, 7) is 13.3. The molecule has 0 fully saturated rings. The predicted molar refractivity (Wildman–Crippen MR) is 109 cm³/mol. The van der Waals surface area contributed by atoms with Crippen LogP contribution in [0.5, 0.6) is 5.75 Å². The van der Waals surface area contributed by atoms with Crippen LogP contribution >= 0.6 is 17.9 Å². The van der Waals surface area contributed by atoms with Crippen molar-refractivity contribution < 1.29 is 24.5 Å². The Labute approximate surface area is 169 Å². The van der Waals surface area contributed by atoms with Gasteiger partial charge in [-0.15, -0.1) is 12.1 Å². The molecule has 1 N–H and O–H groups in total. The minimum absolute atomic E-state index is 0.0355. The molecule has 1 unspecified atom stereocenters. The molecule has 0 aliphatic heterocycles. The Balaban J connectivity index is 0.00000151. The molecule has 0 aromatic heterocycles. The van der Waals surface area contributed by atoms with Crippen LogP contribution in [0.25, 0.3) is 5.32 Å². The number of hydrogen-bond acceptors (Lipinski definition) is 1. The van der Waals surface area contributed by atoms with Crippen molar-refractivity contribution in [3.8, 4) is 5.75 Å². The van der Waals surface area contributed by atoms with Crippen LogP contribution in [0.1, 0.15) is 43.0 Å². The molecule has 25 heavy (non-hydrogen) atoms. The molecular formula is C20H27ClNOPTi. The average Bonchev–Trinajstić information content (AvgIpc) is 2.53. The topological polar surface area (TPSA) is 34.3 Å². The van der Waals surface area contributed by atoms with Gasteiger partial charge in [-0.25, -0.2) is 0 Å². The second-order valence-corrected chi connectivity index (χ2v) is 8.49. The third-order valence-corrected chi connectivity index (χ3v) is 5.40. The number of benzene rings is 2. The number of rotatable bonds is 4. The molecule has 0 spiro atoms. The van der Waals surface area contributed by atoms with Gasteiger partial charge in [0.2, 0.25) is 0 Å². The molecule has 0 heterocycles. The third kappa shape index (κ3) is 7.04. The molecule has 2 nitrogen and oxygen atoms in total. The van der Waals surface area contributed by atoms with E-state index < -0.39 is 0 Å². The number of nitrogens with zero attached hydrogens (tertiary/aromatic N) is 1. The minimum atomic E-state index is -0.0355. The van der Waals surface area contributed by atoms with Crippen LogP contribution in [0.2, 0.25) is 0 Å². The summed E-state index contributed by atoms with van der Waals surface area (Å²) < 4.78 is 0. The van der Waals surface area contributed by atoms with Crippen molar-refractivity contribution in [2.75, 3.05) is 0 Å². The van der Waals surface area contributed by atoms with Gasteiger partial charge in [0.25, 0.3) is 0 Å². The predicted octanol–water partition coefficient (Wildman–Crippen LogP) is 5.31. The number of phenolic OH excluding ortho intramolecular Hbond substituents is 1. The Morgan fingerprint density at radius 3 is 2.32 bits per heavy atom. The average molecular weight is 412 g/mol. The van der Waals surface area contributed by atoms with Gasteiger partial charge >= 0.3 is 28.7 Å². The summed E-state index contributed by atoms with van der Waals surface area (Å²) in [5, 5.41) is 17.5. The summed E-state index contributed by atoms with van der Waals surface area (Å²) in [5.74, 6) is 0.427. The Bertz CT molecular complexity index is 714. The quantitative estimate of drug-likeness (QED) is 0.537. The van der Waals surface area contributed by atoms with E-state index in [-0.39, 0.29) is 5.54 Å². The summed E-state index contributed by atoms with van der Waals surface area (Å²) in [6.07, 6.45) is 0. The van der Waals surface area contributed by atoms with Crippen LogP contribution in [0, 0.1) is 20.8 Å². The van der Waals surface area contributed by atoms with Crippen LogP contribution in [0.15, 0.2) is 30.3 Å². The van der Waals surface area contributed by atoms with Crippen LogP contribution < -0.4 is 10.6 Å². The summed E-state index contributed by atoms with van der Waals surface area (Å²) in [5.41, 5.74) is 4.63. The van der Waals surface area contributed by atoms with Crippen LogP contribution in [0.3, 0.4) is 0 Å². The molecule has 5 heteroatoms. The fourth-order valence-electron chi connectivity index (χ4n) is 2.55. The van der Waals surface area contributed by atoms with Crippen molar-refractivity contribution in [1.29, 1.82) is 0 Å². The summed E-state index contributed by atoms with van der Waals surface area (Å²) in [4.78, 5) is 0. The number of aromatic hydroxyl groups is 1. The molecular weight excluding hydrogens is 385 g/mol. The van der Waals surface area contributed by atoms with Crippen molar-refractivity contribution in [2.24, 2.45) is 0 Å². The van der Waals surface area contributed by atoms with Crippen molar-refractivity contribution in [1.82, 2.24) is 0 Å². The second kappa shape index (κ2) is 10.1. The van der Waals surface area contributed by atoms with Gasteiger partial charge in [0.15, 0.2) is 0 Å². The van der Waals surface area contributed by atoms with Crippen molar-refractivity contribution >= 4 is 28.5 Å². The van der Waals surface area contributed by atoms with Gasteiger partial charge in [-0.3, -0.25) is 0 Å². The zero-order valence-electron chi connectivity index (χ0n) is 15.9. The standard InChI is InChI=1S/C20H27NOP.ClH.Ti/c1-13-10-15(3)18(22)17(11-13)23-19-14(2)8-7-9-16(19)12-21-20(4,5)6;;/h7-11,22-23H,12H2,1-6H3;1H;/q-1;;+2/p-1. The Hall–Kier alpha value is -0.366. The maximum absolute atomic E-state index is 10.4. The Morgan fingerprint density at radius 2 is 1.72 bits per heavy atom. The van der Waals surface area contributed by atoms with Gasteiger partial charge in [-0.1, -0.05) is 59.2 Å². The summed E-state index contributed by atoms with van der Waals surface area (Å²) >= 11 is 1.47. The fraction of sp³-hybridized carbons (Fsp3) is 0.400. The van der Waals surface area contributed by atoms with E-state index in [0.29, 0.717) is 14.3 Å². The van der Waals surface area contributed by atoms with Crippen molar-refractivity contribution in [3.05, 3.63) is 57.9 Å². The molecule has 0 aliphatic carbocycles. The van der Waals surface area contributed by atoms with Crippen LogP contribution in [-0.2, 0) is 25.9 Å². The van der Waals surface area contributed by atoms with Gasteiger partial charge in [0.05, 0.1) is 0 Å². The van der Waals surface area contributed by atoms with E-state index in [1.807, 2.05) is 13.0 Å². The van der Waals surface area contributed by atoms with E-state index in [4.69, 9.17) is 5.32 Å². The van der Waals surface area contributed by atoms with E-state index in [9.17, 15) is 5.11 Å². The first kappa shape index (κ1) is 22.7. The second-order valence-electron chi connectivity index (χ2n) is 7.20. The zero-order valence-corrected chi connectivity index (χ0v) is 19.2. The molecule has 0 aliphatic rings. The SMILES string of the molecule is Cc1cc(C)c(O)c(Pc2c(C)cccc2C[N-]C(C)(C)C)c1.[Cl][Ti+]. The fourth-order valence-corrected chi connectivity index (χ4v) is 4.04. The van der Waals surface area contributed by atoms with E-state index in [0.717, 1.165) is 17.4 Å². The summed E-state index contributed by atoms with van der Waals surface area (Å²) in [6, 6.07) is 10.5. The molecule has 0 bridgehead atoms.